The number of hydrogen-bond acceptors (Lipinski definition) is 4. The molecule has 1 N–H and O–H groups in total. The summed E-state index contributed by atoms with van der Waals surface area (Å²) in [6.07, 6.45) is 6.43. The van der Waals surface area contributed by atoms with Crippen molar-refractivity contribution in [2.45, 2.75) is 19.4 Å². The number of allylic oxidation sites excluding steroid dienone is 4. The molecule has 1 aliphatic carbocycles. The van der Waals surface area contributed by atoms with Crippen LogP contribution in [0.1, 0.15) is 12.8 Å². The average Bonchev–Trinajstić information content (AvgIpc) is 2.94. The van der Waals surface area contributed by atoms with Gasteiger partial charge in [-0.2, -0.15) is 0 Å². The van der Waals surface area contributed by atoms with E-state index >= 15 is 0 Å². The lowest BCUT2D eigenvalue weighted by atomic mass is 10.1. The van der Waals surface area contributed by atoms with E-state index in [2.05, 4.69) is 10.3 Å². The summed E-state index contributed by atoms with van der Waals surface area (Å²) in [5.41, 5.74) is 0.249. The minimum absolute atomic E-state index is 0.0807. The molecule has 0 radical (unpaired) electrons. The minimum Gasteiger partial charge on any atom is -0.328 e. The highest BCUT2D eigenvalue weighted by Gasteiger charge is 2.16. The van der Waals surface area contributed by atoms with Crippen molar-refractivity contribution in [2.75, 3.05) is 0 Å². The second kappa shape index (κ2) is 6.12. The summed E-state index contributed by atoms with van der Waals surface area (Å²) in [5.74, 6) is -0.289. The fourth-order valence-electron chi connectivity index (χ4n) is 2.65. The molecule has 0 atom stereocenters. The second-order valence-electron chi connectivity index (χ2n) is 5.60. The fraction of sp³-hybridized carbons (Fsp3) is 0.333. The van der Waals surface area contributed by atoms with E-state index in [0.717, 1.165) is 16.7 Å². The van der Waals surface area contributed by atoms with E-state index in [-0.39, 0.29) is 23.6 Å². The molecule has 0 aliphatic heterocycles. The lowest BCUT2D eigenvalue weighted by Crippen LogP contribution is -2.38. The molecule has 3 rings (SSSR count). The van der Waals surface area contributed by atoms with Crippen molar-refractivity contribution < 1.29 is 4.79 Å². The number of amides is 1. The summed E-state index contributed by atoms with van der Waals surface area (Å²) >= 11 is 5.93. The molecule has 0 spiro atoms. The van der Waals surface area contributed by atoms with Crippen LogP contribution in [0.4, 0.5) is 0 Å². The zero-order valence-electron chi connectivity index (χ0n) is 13.2. The zero-order valence-corrected chi connectivity index (χ0v) is 14.0. The van der Waals surface area contributed by atoms with Crippen LogP contribution in [0, 0.1) is 0 Å². The molecule has 8 nitrogen and oxygen atoms in total. The molecule has 2 aromatic rings. The fourth-order valence-corrected chi connectivity index (χ4v) is 2.89. The largest absolute Gasteiger partial charge is 0.332 e. The third-order valence-electron chi connectivity index (χ3n) is 3.90. The Kier molecular flexibility index (Phi) is 4.15. The Morgan fingerprint density at radius 2 is 2.08 bits per heavy atom. The summed E-state index contributed by atoms with van der Waals surface area (Å²) in [5, 5.41) is 3.37. The molecule has 0 aromatic carbocycles. The SMILES string of the molecule is Cn1c(=O)c2c(ncn2CC(=O)NC2=CC(Cl)=CCC2)n(C)c1=O. The van der Waals surface area contributed by atoms with Gasteiger partial charge in [-0.25, -0.2) is 9.78 Å². The Bertz CT molecular complexity index is 1010. The number of carbonyl (C=O) groups excluding carboxylic acids is 1. The van der Waals surface area contributed by atoms with Crippen molar-refractivity contribution in [3.05, 3.63) is 50.0 Å². The number of hydrogen-bond donors (Lipinski definition) is 1. The van der Waals surface area contributed by atoms with Gasteiger partial charge in [0.05, 0.1) is 6.33 Å². The molecular weight excluding hydrogens is 334 g/mol. The maximum Gasteiger partial charge on any atom is 0.332 e. The summed E-state index contributed by atoms with van der Waals surface area (Å²) in [6.45, 7) is -0.0807. The van der Waals surface area contributed by atoms with Crippen molar-refractivity contribution >= 4 is 28.7 Å². The van der Waals surface area contributed by atoms with Crippen LogP contribution in [0.25, 0.3) is 11.2 Å². The minimum atomic E-state index is -0.485. The van der Waals surface area contributed by atoms with Crippen molar-refractivity contribution in [2.24, 2.45) is 14.1 Å². The number of carbonyl (C=O) groups is 1. The van der Waals surface area contributed by atoms with Crippen LogP contribution >= 0.6 is 11.6 Å². The maximum atomic E-state index is 12.3. The molecule has 2 aromatic heterocycles. The number of nitrogens with zero attached hydrogens (tertiary/aromatic N) is 4. The van der Waals surface area contributed by atoms with E-state index in [9.17, 15) is 14.4 Å². The number of nitrogens with one attached hydrogen (secondary N) is 1. The predicted octanol–water partition coefficient (Wildman–Crippen LogP) is 0.350. The van der Waals surface area contributed by atoms with Crippen molar-refractivity contribution in [3.63, 3.8) is 0 Å². The third kappa shape index (κ3) is 2.80. The Balaban J connectivity index is 1.91. The van der Waals surface area contributed by atoms with Gasteiger partial charge in [-0.3, -0.25) is 18.7 Å². The molecule has 0 unspecified atom stereocenters. The van der Waals surface area contributed by atoms with Crippen molar-refractivity contribution in [1.29, 1.82) is 0 Å². The van der Waals surface area contributed by atoms with Crippen LogP contribution in [0.2, 0.25) is 0 Å². The van der Waals surface area contributed by atoms with Crippen LogP contribution in [0.3, 0.4) is 0 Å². The maximum absolute atomic E-state index is 12.3. The zero-order chi connectivity index (χ0) is 17.4. The molecular formula is C15H16ClN5O3. The van der Waals surface area contributed by atoms with Gasteiger partial charge < -0.3 is 9.88 Å². The standard InChI is InChI=1S/C15H16ClN5O3/c1-19-13-12(14(23)20(2)15(19)24)21(8-17-13)7-11(22)18-10-5-3-4-9(16)6-10/h4,6,8H,3,5,7H2,1-2H3,(H,18,22). The van der Waals surface area contributed by atoms with Gasteiger partial charge in [0.25, 0.3) is 5.56 Å². The Labute approximate surface area is 141 Å². The van der Waals surface area contributed by atoms with Gasteiger partial charge in [-0.05, 0) is 18.9 Å². The van der Waals surface area contributed by atoms with Crippen LogP contribution in [0.15, 0.2) is 38.8 Å². The van der Waals surface area contributed by atoms with E-state index < -0.39 is 11.2 Å². The second-order valence-corrected chi connectivity index (χ2v) is 6.03. The topological polar surface area (TPSA) is 90.9 Å². The monoisotopic (exact) mass is 349 g/mol. The molecule has 0 saturated heterocycles. The van der Waals surface area contributed by atoms with Crippen molar-refractivity contribution in [3.8, 4) is 0 Å². The predicted molar refractivity (Wildman–Crippen MR) is 89.6 cm³/mol. The first-order valence-electron chi connectivity index (χ1n) is 7.35. The lowest BCUT2D eigenvalue weighted by Gasteiger charge is -2.13. The number of aromatic nitrogens is 4. The summed E-state index contributed by atoms with van der Waals surface area (Å²) in [4.78, 5) is 40.5. The van der Waals surface area contributed by atoms with Gasteiger partial charge >= 0.3 is 5.69 Å². The molecule has 1 amide bonds. The molecule has 0 bridgehead atoms. The summed E-state index contributed by atoms with van der Waals surface area (Å²) in [6, 6.07) is 0. The molecule has 126 valence electrons. The number of aryl methyl sites for hydroxylation is 1. The van der Waals surface area contributed by atoms with E-state index in [0.29, 0.717) is 11.5 Å². The van der Waals surface area contributed by atoms with Gasteiger partial charge in [0.2, 0.25) is 5.91 Å². The quantitative estimate of drug-likeness (QED) is 0.865. The van der Waals surface area contributed by atoms with Gasteiger partial charge in [0.15, 0.2) is 11.2 Å². The van der Waals surface area contributed by atoms with E-state index in [4.69, 9.17) is 11.6 Å². The Morgan fingerprint density at radius 3 is 2.79 bits per heavy atom. The molecule has 0 saturated carbocycles. The van der Waals surface area contributed by atoms with Gasteiger partial charge in [-0.15, -0.1) is 0 Å². The molecule has 9 heteroatoms. The van der Waals surface area contributed by atoms with Crippen molar-refractivity contribution in [1.82, 2.24) is 24.0 Å². The van der Waals surface area contributed by atoms with Crippen LogP contribution < -0.4 is 16.6 Å². The first kappa shape index (κ1) is 16.3. The average molecular weight is 350 g/mol. The van der Waals surface area contributed by atoms with Crippen LogP contribution in [-0.4, -0.2) is 24.6 Å². The van der Waals surface area contributed by atoms with Gasteiger partial charge in [0, 0.05) is 24.8 Å². The summed E-state index contributed by atoms with van der Waals surface area (Å²) < 4.78 is 3.71. The van der Waals surface area contributed by atoms with Crippen LogP contribution in [0.5, 0.6) is 0 Å². The number of halogens is 1. The Morgan fingerprint density at radius 1 is 1.33 bits per heavy atom. The smallest absolute Gasteiger partial charge is 0.328 e. The van der Waals surface area contributed by atoms with Gasteiger partial charge in [0.1, 0.15) is 6.54 Å². The number of imidazole rings is 1. The molecule has 1 aliphatic rings. The van der Waals surface area contributed by atoms with E-state index in [1.54, 1.807) is 6.08 Å². The van der Waals surface area contributed by atoms with E-state index in [1.807, 2.05) is 6.08 Å². The molecule has 2 heterocycles. The highest BCUT2D eigenvalue weighted by atomic mass is 35.5. The molecule has 0 fully saturated rings. The first-order valence-corrected chi connectivity index (χ1v) is 7.73. The Hall–Kier alpha value is -2.61. The molecule has 24 heavy (non-hydrogen) atoms. The number of rotatable bonds is 3. The third-order valence-corrected chi connectivity index (χ3v) is 4.16. The highest BCUT2D eigenvalue weighted by Crippen LogP contribution is 2.17. The van der Waals surface area contributed by atoms with E-state index in [1.165, 1.54) is 29.6 Å². The lowest BCUT2D eigenvalue weighted by molar-refractivity contribution is -0.120. The number of fused-ring (bicyclic) bond motifs is 1. The highest BCUT2D eigenvalue weighted by molar-refractivity contribution is 6.31. The normalized spacial score (nSPS) is 14.5. The summed E-state index contributed by atoms with van der Waals surface area (Å²) in [7, 11) is 2.92. The first-order chi connectivity index (χ1) is 11.4. The van der Waals surface area contributed by atoms with Crippen LogP contribution in [-0.2, 0) is 25.4 Å². The van der Waals surface area contributed by atoms with Gasteiger partial charge in [-0.1, -0.05) is 17.7 Å².